The number of hydrogen-bond acceptors (Lipinski definition) is 5. The monoisotopic (exact) mass is 288 g/mol. The Morgan fingerprint density at radius 2 is 1.63 bits per heavy atom. The van der Waals surface area contributed by atoms with E-state index >= 15 is 0 Å². The molecule has 19 heavy (non-hydrogen) atoms. The quantitative estimate of drug-likeness (QED) is 0.302. The maximum atomic E-state index is 11.8. The van der Waals surface area contributed by atoms with Crippen molar-refractivity contribution in [3.63, 3.8) is 0 Å². The fraction of sp³-hybridized carbons (Fsp3) is 0.538. The van der Waals surface area contributed by atoms with Crippen molar-refractivity contribution in [3.05, 3.63) is 29.8 Å². The van der Waals surface area contributed by atoms with Gasteiger partial charge in [-0.3, -0.25) is 4.18 Å². The first kappa shape index (κ1) is 16.1. The second-order valence-corrected chi connectivity index (χ2v) is 5.64. The highest BCUT2D eigenvalue weighted by Crippen LogP contribution is 2.13. The fourth-order valence-electron chi connectivity index (χ4n) is 1.35. The average molecular weight is 288 g/mol. The second kappa shape index (κ2) is 8.27. The smallest absolute Gasteiger partial charge is 0.266 e. The molecule has 0 amide bonds. The minimum Gasteiger partial charge on any atom is -0.266 e. The molecule has 0 saturated carbocycles. The van der Waals surface area contributed by atoms with Crippen molar-refractivity contribution in [2.75, 3.05) is 19.8 Å². The van der Waals surface area contributed by atoms with Gasteiger partial charge in [-0.1, -0.05) is 17.7 Å². The first-order valence-electron chi connectivity index (χ1n) is 6.27. The predicted molar refractivity (Wildman–Crippen MR) is 71.1 cm³/mol. The summed E-state index contributed by atoms with van der Waals surface area (Å²) < 4.78 is 28.5. The lowest BCUT2D eigenvalue weighted by molar-refractivity contribution is -0.291. The summed E-state index contributed by atoms with van der Waals surface area (Å²) in [4.78, 5) is 9.69. The molecule has 108 valence electrons. The van der Waals surface area contributed by atoms with Crippen LogP contribution in [0.1, 0.15) is 25.3 Å². The normalized spacial score (nSPS) is 11.7. The van der Waals surface area contributed by atoms with E-state index in [0.29, 0.717) is 26.1 Å². The van der Waals surface area contributed by atoms with Crippen molar-refractivity contribution in [2.45, 2.75) is 31.6 Å². The van der Waals surface area contributed by atoms with Gasteiger partial charge in [0.2, 0.25) is 0 Å². The highest BCUT2D eigenvalue weighted by molar-refractivity contribution is 7.86. The van der Waals surface area contributed by atoms with Gasteiger partial charge in [0.1, 0.15) is 0 Å². The van der Waals surface area contributed by atoms with E-state index < -0.39 is 10.1 Å². The number of aryl methyl sites for hydroxylation is 1. The van der Waals surface area contributed by atoms with E-state index in [1.165, 1.54) is 0 Å². The Bertz CT molecular complexity index is 452. The van der Waals surface area contributed by atoms with Gasteiger partial charge in [0.25, 0.3) is 10.1 Å². The van der Waals surface area contributed by atoms with Crippen LogP contribution >= 0.6 is 0 Å². The first-order valence-corrected chi connectivity index (χ1v) is 7.67. The number of rotatable bonds is 9. The van der Waals surface area contributed by atoms with Crippen LogP contribution in [0.5, 0.6) is 0 Å². The van der Waals surface area contributed by atoms with Crippen molar-refractivity contribution >= 4 is 10.1 Å². The van der Waals surface area contributed by atoms with Crippen LogP contribution in [0.2, 0.25) is 0 Å². The molecular formula is C13H20O5S. The molecule has 0 fully saturated rings. The summed E-state index contributed by atoms with van der Waals surface area (Å²) in [5.41, 5.74) is 1.01. The Labute approximate surface area is 114 Å². The van der Waals surface area contributed by atoms with E-state index in [2.05, 4.69) is 0 Å². The van der Waals surface area contributed by atoms with Crippen LogP contribution in [0.3, 0.4) is 0 Å². The largest absolute Gasteiger partial charge is 0.296 e. The zero-order valence-corrected chi connectivity index (χ0v) is 12.1. The lowest BCUT2D eigenvalue weighted by Crippen LogP contribution is -2.08. The van der Waals surface area contributed by atoms with Gasteiger partial charge < -0.3 is 0 Å². The second-order valence-electron chi connectivity index (χ2n) is 4.02. The maximum Gasteiger partial charge on any atom is 0.296 e. The van der Waals surface area contributed by atoms with Gasteiger partial charge in [0.15, 0.2) is 0 Å². The van der Waals surface area contributed by atoms with Crippen molar-refractivity contribution in [1.82, 2.24) is 0 Å². The Morgan fingerprint density at radius 1 is 1.00 bits per heavy atom. The minimum absolute atomic E-state index is 0.145. The zero-order valence-electron chi connectivity index (χ0n) is 11.3. The van der Waals surface area contributed by atoms with E-state index in [4.69, 9.17) is 14.0 Å². The molecule has 0 aliphatic heterocycles. The van der Waals surface area contributed by atoms with Gasteiger partial charge in [-0.05, 0) is 38.8 Å². The summed E-state index contributed by atoms with van der Waals surface area (Å²) in [6.07, 6.45) is 1.28. The van der Waals surface area contributed by atoms with Gasteiger partial charge in [0, 0.05) is 0 Å². The molecule has 0 bridgehead atoms. The molecule has 0 aliphatic rings. The molecular weight excluding hydrogens is 268 g/mol. The third-order valence-corrected chi connectivity index (χ3v) is 3.70. The molecule has 1 aromatic rings. The minimum atomic E-state index is -3.65. The van der Waals surface area contributed by atoms with Gasteiger partial charge in [-0.2, -0.15) is 8.42 Å². The van der Waals surface area contributed by atoms with Gasteiger partial charge in [-0.15, -0.1) is 0 Å². The lowest BCUT2D eigenvalue weighted by atomic mass is 10.2. The van der Waals surface area contributed by atoms with E-state index in [1.807, 2.05) is 13.8 Å². The summed E-state index contributed by atoms with van der Waals surface area (Å²) in [5, 5.41) is 0. The molecule has 0 heterocycles. The third kappa shape index (κ3) is 6.15. The standard InChI is InChI=1S/C13H20O5S/c1-3-16-17-10-4-5-11-18-19(14,15)13-8-6-12(2)7-9-13/h6-9H,3-5,10-11H2,1-2H3. The van der Waals surface area contributed by atoms with Gasteiger partial charge >= 0.3 is 0 Å². The zero-order chi connectivity index (χ0) is 14.1. The molecule has 1 aromatic carbocycles. The average Bonchev–Trinajstić information content (AvgIpc) is 2.38. The van der Waals surface area contributed by atoms with E-state index in [0.717, 1.165) is 5.56 Å². The summed E-state index contributed by atoms with van der Waals surface area (Å²) in [6.45, 7) is 4.80. The summed E-state index contributed by atoms with van der Waals surface area (Å²) in [5.74, 6) is 0. The molecule has 0 aromatic heterocycles. The van der Waals surface area contributed by atoms with E-state index in [1.54, 1.807) is 24.3 Å². The van der Waals surface area contributed by atoms with Crippen molar-refractivity contribution in [3.8, 4) is 0 Å². The molecule has 0 N–H and O–H groups in total. The van der Waals surface area contributed by atoms with Crippen LogP contribution in [0.15, 0.2) is 29.2 Å². The molecule has 0 spiro atoms. The van der Waals surface area contributed by atoms with Crippen LogP contribution in [-0.4, -0.2) is 28.2 Å². The molecule has 1 rings (SSSR count). The fourth-order valence-corrected chi connectivity index (χ4v) is 2.29. The van der Waals surface area contributed by atoms with Gasteiger partial charge in [0.05, 0.1) is 24.7 Å². The lowest BCUT2D eigenvalue weighted by Gasteiger charge is -2.06. The molecule has 0 unspecified atom stereocenters. The molecule has 0 saturated heterocycles. The van der Waals surface area contributed by atoms with Crippen molar-refractivity contribution in [1.29, 1.82) is 0 Å². The third-order valence-electron chi connectivity index (χ3n) is 2.37. The number of unbranched alkanes of at least 4 members (excludes halogenated alkanes) is 1. The van der Waals surface area contributed by atoms with Gasteiger partial charge in [-0.25, -0.2) is 9.78 Å². The van der Waals surface area contributed by atoms with E-state index in [-0.39, 0.29) is 11.5 Å². The Balaban J connectivity index is 2.29. The SMILES string of the molecule is CCOOCCCCOS(=O)(=O)c1ccc(C)cc1. The number of benzene rings is 1. The Morgan fingerprint density at radius 3 is 2.26 bits per heavy atom. The van der Waals surface area contributed by atoms with Crippen molar-refractivity contribution < 1.29 is 22.4 Å². The van der Waals surface area contributed by atoms with Crippen LogP contribution in [-0.2, 0) is 24.1 Å². The molecule has 5 nitrogen and oxygen atoms in total. The number of hydrogen-bond donors (Lipinski definition) is 0. The summed E-state index contributed by atoms with van der Waals surface area (Å²) in [6, 6.07) is 6.57. The summed E-state index contributed by atoms with van der Waals surface area (Å²) in [7, 11) is -3.65. The summed E-state index contributed by atoms with van der Waals surface area (Å²) >= 11 is 0. The molecule has 0 aliphatic carbocycles. The Hall–Kier alpha value is -0.950. The van der Waals surface area contributed by atoms with Crippen LogP contribution in [0.4, 0.5) is 0 Å². The first-order chi connectivity index (χ1) is 9.06. The molecule has 0 atom stereocenters. The predicted octanol–water partition coefficient (Wildman–Crippen LogP) is 2.45. The topological polar surface area (TPSA) is 61.8 Å². The van der Waals surface area contributed by atoms with Crippen LogP contribution < -0.4 is 0 Å². The highest BCUT2D eigenvalue weighted by atomic mass is 32.2. The van der Waals surface area contributed by atoms with Crippen LogP contribution in [0.25, 0.3) is 0 Å². The van der Waals surface area contributed by atoms with Crippen LogP contribution in [0, 0.1) is 6.92 Å². The van der Waals surface area contributed by atoms with E-state index in [9.17, 15) is 8.42 Å². The Kier molecular flexibility index (Phi) is 7.01. The molecule has 6 heteroatoms. The highest BCUT2D eigenvalue weighted by Gasteiger charge is 2.14. The van der Waals surface area contributed by atoms with Crippen molar-refractivity contribution in [2.24, 2.45) is 0 Å². The molecule has 0 radical (unpaired) electrons. The maximum absolute atomic E-state index is 11.8.